The highest BCUT2D eigenvalue weighted by molar-refractivity contribution is 6.05. The van der Waals surface area contributed by atoms with Crippen LogP contribution in [0.4, 0.5) is 5.82 Å². The van der Waals surface area contributed by atoms with Crippen LogP contribution in [-0.4, -0.2) is 84.3 Å². The normalized spacial score (nSPS) is 15.4. The van der Waals surface area contributed by atoms with Gasteiger partial charge in [-0.1, -0.05) is 18.2 Å². The second kappa shape index (κ2) is 10.9. The Morgan fingerprint density at radius 3 is 2.17 bits per heavy atom. The SMILES string of the molecule is O=C(c1ccccc1)N(c1cnc(C[C@H](O)[C@H](O)CO)cn1)[C@@H](O)C[C@H](O)CO. The predicted octanol–water partition coefficient (Wildman–Crippen LogP) is -1.56. The number of carbonyl (C=O) groups excluding carboxylic acids is 1. The summed E-state index contributed by atoms with van der Waals surface area (Å²) in [6, 6.07) is 8.15. The molecule has 0 aliphatic rings. The fourth-order valence-electron chi connectivity index (χ4n) is 2.58. The van der Waals surface area contributed by atoms with E-state index in [1.54, 1.807) is 30.3 Å². The van der Waals surface area contributed by atoms with Gasteiger partial charge in [-0.2, -0.15) is 0 Å². The van der Waals surface area contributed by atoms with E-state index in [1.165, 1.54) is 12.4 Å². The standard InChI is InChI=1S/C19H25N3O7/c23-10-14(25)7-18(28)22(19(29)12-4-2-1-3-5-12)17-9-20-13(8-21-17)6-15(26)16(27)11-24/h1-5,8-9,14-16,18,23-28H,6-7,10-11H2/t14-,15-,16+,18-/m0/s1. The number of anilines is 1. The van der Waals surface area contributed by atoms with Gasteiger partial charge in [-0.15, -0.1) is 0 Å². The molecule has 1 heterocycles. The van der Waals surface area contributed by atoms with Crippen LogP contribution in [0.25, 0.3) is 0 Å². The topological polar surface area (TPSA) is 167 Å². The smallest absolute Gasteiger partial charge is 0.261 e. The molecule has 10 nitrogen and oxygen atoms in total. The van der Waals surface area contributed by atoms with E-state index in [0.717, 1.165) is 4.90 Å². The number of amides is 1. The van der Waals surface area contributed by atoms with Crippen LogP contribution in [0, 0.1) is 0 Å². The highest BCUT2D eigenvalue weighted by Crippen LogP contribution is 2.19. The zero-order chi connectivity index (χ0) is 21.4. The van der Waals surface area contributed by atoms with E-state index >= 15 is 0 Å². The van der Waals surface area contributed by atoms with Crippen molar-refractivity contribution in [3.05, 3.63) is 54.0 Å². The quantitative estimate of drug-likeness (QED) is 0.255. The second-order valence-corrected chi connectivity index (χ2v) is 6.48. The number of aliphatic hydroxyl groups excluding tert-OH is 6. The molecule has 0 unspecified atom stereocenters. The third-order valence-corrected chi connectivity index (χ3v) is 4.22. The molecule has 1 amide bonds. The van der Waals surface area contributed by atoms with Gasteiger partial charge in [0.1, 0.15) is 12.3 Å². The van der Waals surface area contributed by atoms with E-state index in [-0.39, 0.29) is 24.2 Å². The average molecular weight is 407 g/mol. The number of aliphatic hydroxyl groups is 6. The molecule has 0 spiro atoms. The van der Waals surface area contributed by atoms with Gasteiger partial charge in [-0.05, 0) is 12.1 Å². The van der Waals surface area contributed by atoms with Crippen molar-refractivity contribution in [3.63, 3.8) is 0 Å². The minimum Gasteiger partial charge on any atom is -0.394 e. The molecule has 6 N–H and O–H groups in total. The maximum absolute atomic E-state index is 12.9. The van der Waals surface area contributed by atoms with Crippen LogP contribution in [-0.2, 0) is 6.42 Å². The number of hydrogen-bond acceptors (Lipinski definition) is 9. The molecule has 0 fully saturated rings. The molecular formula is C19H25N3O7. The minimum absolute atomic E-state index is 0.00237. The average Bonchev–Trinajstić information content (AvgIpc) is 2.74. The highest BCUT2D eigenvalue weighted by atomic mass is 16.4. The fourth-order valence-corrected chi connectivity index (χ4v) is 2.58. The summed E-state index contributed by atoms with van der Waals surface area (Å²) in [6.45, 7) is -1.19. The lowest BCUT2D eigenvalue weighted by atomic mass is 10.1. The third-order valence-electron chi connectivity index (χ3n) is 4.22. The summed E-state index contributed by atoms with van der Waals surface area (Å²) < 4.78 is 0. The molecule has 1 aromatic carbocycles. The van der Waals surface area contributed by atoms with Crippen LogP contribution in [0.5, 0.6) is 0 Å². The lowest BCUT2D eigenvalue weighted by Gasteiger charge is -2.28. The van der Waals surface area contributed by atoms with Crippen molar-refractivity contribution in [1.82, 2.24) is 9.97 Å². The van der Waals surface area contributed by atoms with Crippen molar-refractivity contribution in [2.24, 2.45) is 0 Å². The van der Waals surface area contributed by atoms with Gasteiger partial charge >= 0.3 is 0 Å². The van der Waals surface area contributed by atoms with E-state index < -0.39 is 43.7 Å². The first-order chi connectivity index (χ1) is 13.9. The zero-order valence-electron chi connectivity index (χ0n) is 15.6. The van der Waals surface area contributed by atoms with Gasteiger partial charge < -0.3 is 30.6 Å². The molecule has 0 aliphatic carbocycles. The summed E-state index contributed by atoms with van der Waals surface area (Å²) >= 11 is 0. The first kappa shape index (κ1) is 22.8. The first-order valence-corrected chi connectivity index (χ1v) is 9.00. The lowest BCUT2D eigenvalue weighted by Crippen LogP contribution is -2.43. The van der Waals surface area contributed by atoms with Gasteiger partial charge in [0.05, 0.1) is 43.5 Å². The maximum atomic E-state index is 12.9. The molecule has 0 radical (unpaired) electrons. The van der Waals surface area contributed by atoms with Crippen molar-refractivity contribution in [1.29, 1.82) is 0 Å². The number of rotatable bonds is 10. The Balaban J connectivity index is 2.27. The summed E-state index contributed by atoms with van der Waals surface area (Å²) in [5.41, 5.74) is 0.572. The van der Waals surface area contributed by atoms with Gasteiger partial charge in [-0.25, -0.2) is 4.98 Å². The van der Waals surface area contributed by atoms with Gasteiger partial charge in [-0.3, -0.25) is 14.7 Å². The van der Waals surface area contributed by atoms with Crippen LogP contribution in [0.3, 0.4) is 0 Å². The van der Waals surface area contributed by atoms with E-state index in [4.69, 9.17) is 10.2 Å². The summed E-state index contributed by atoms with van der Waals surface area (Å²) in [5.74, 6) is -0.585. The molecule has 2 rings (SSSR count). The van der Waals surface area contributed by atoms with E-state index in [2.05, 4.69) is 9.97 Å². The summed E-state index contributed by atoms with van der Waals surface area (Å²) in [5, 5.41) is 57.2. The Bertz CT molecular complexity index is 760. The van der Waals surface area contributed by atoms with Gasteiger partial charge in [0.2, 0.25) is 0 Å². The van der Waals surface area contributed by atoms with Crippen LogP contribution >= 0.6 is 0 Å². The molecule has 2 aromatic rings. The van der Waals surface area contributed by atoms with E-state index in [9.17, 15) is 25.2 Å². The summed E-state index contributed by atoms with van der Waals surface area (Å²) in [6.07, 6.45) is -3.19. The molecule has 1 aromatic heterocycles. The van der Waals surface area contributed by atoms with E-state index in [1.807, 2.05) is 0 Å². The molecule has 158 valence electrons. The molecular weight excluding hydrogens is 382 g/mol. The van der Waals surface area contributed by atoms with Crippen molar-refractivity contribution < 1.29 is 35.4 Å². The predicted molar refractivity (Wildman–Crippen MR) is 102 cm³/mol. The van der Waals surface area contributed by atoms with Gasteiger partial charge in [0.15, 0.2) is 5.82 Å². The number of benzene rings is 1. The molecule has 29 heavy (non-hydrogen) atoms. The Morgan fingerprint density at radius 1 is 0.931 bits per heavy atom. The number of aromatic nitrogens is 2. The van der Waals surface area contributed by atoms with Gasteiger partial charge in [0, 0.05) is 18.4 Å². The molecule has 0 bridgehead atoms. The maximum Gasteiger partial charge on any atom is 0.261 e. The van der Waals surface area contributed by atoms with Crippen molar-refractivity contribution in [2.75, 3.05) is 18.1 Å². The number of carbonyl (C=O) groups is 1. The molecule has 4 atom stereocenters. The summed E-state index contributed by atoms with van der Waals surface area (Å²) in [4.78, 5) is 22.0. The highest BCUT2D eigenvalue weighted by Gasteiger charge is 2.28. The van der Waals surface area contributed by atoms with E-state index in [0.29, 0.717) is 5.69 Å². The van der Waals surface area contributed by atoms with Crippen LogP contribution in [0.2, 0.25) is 0 Å². The Hall–Kier alpha value is -2.47. The van der Waals surface area contributed by atoms with Crippen LogP contribution in [0.15, 0.2) is 42.7 Å². The number of nitrogens with zero attached hydrogens (tertiary/aromatic N) is 3. The van der Waals surface area contributed by atoms with Gasteiger partial charge in [0.25, 0.3) is 5.91 Å². The first-order valence-electron chi connectivity index (χ1n) is 9.00. The molecule has 10 heteroatoms. The molecule has 0 saturated carbocycles. The Kier molecular flexibility index (Phi) is 8.58. The second-order valence-electron chi connectivity index (χ2n) is 6.48. The molecule has 0 saturated heterocycles. The van der Waals surface area contributed by atoms with Crippen molar-refractivity contribution in [2.45, 2.75) is 37.4 Å². The molecule has 0 aliphatic heterocycles. The minimum atomic E-state index is -1.48. The zero-order valence-corrected chi connectivity index (χ0v) is 15.6. The van der Waals surface area contributed by atoms with Crippen molar-refractivity contribution >= 4 is 11.7 Å². The Labute approximate surface area is 167 Å². The van der Waals surface area contributed by atoms with Crippen LogP contribution in [0.1, 0.15) is 22.5 Å². The fraction of sp³-hybridized carbons (Fsp3) is 0.421. The summed E-state index contributed by atoms with van der Waals surface area (Å²) in [7, 11) is 0. The third kappa shape index (κ3) is 6.26. The Morgan fingerprint density at radius 2 is 1.62 bits per heavy atom. The van der Waals surface area contributed by atoms with Crippen LogP contribution < -0.4 is 4.90 Å². The lowest BCUT2D eigenvalue weighted by molar-refractivity contribution is -0.0137. The monoisotopic (exact) mass is 407 g/mol. The number of hydrogen-bond donors (Lipinski definition) is 6. The van der Waals surface area contributed by atoms with Crippen molar-refractivity contribution in [3.8, 4) is 0 Å². The largest absolute Gasteiger partial charge is 0.394 e.